The maximum Gasteiger partial charge on any atom is 0.322 e. The van der Waals surface area contributed by atoms with Crippen molar-refractivity contribution >= 4 is 35.0 Å². The van der Waals surface area contributed by atoms with Crippen LogP contribution in [-0.2, 0) is 4.74 Å². The van der Waals surface area contributed by atoms with Crippen LogP contribution in [0.5, 0.6) is 0 Å². The first-order valence-electron chi connectivity index (χ1n) is 10.7. The van der Waals surface area contributed by atoms with Crippen LogP contribution >= 0.6 is 23.4 Å². The number of hydrogen-bond donors (Lipinski definition) is 1. The molecule has 5 rings (SSSR count). The molecule has 1 aromatic carbocycles. The molecule has 33 heavy (non-hydrogen) atoms. The van der Waals surface area contributed by atoms with Gasteiger partial charge in [0.1, 0.15) is 17.1 Å². The topological polar surface area (TPSA) is 94.7 Å². The Kier molecular flexibility index (Phi) is 6.01. The van der Waals surface area contributed by atoms with Gasteiger partial charge in [-0.1, -0.05) is 41.0 Å². The van der Waals surface area contributed by atoms with E-state index in [0.717, 1.165) is 48.3 Å². The monoisotopic (exact) mass is 482 g/mol. The highest BCUT2D eigenvalue weighted by Crippen LogP contribution is 2.42. The molecule has 2 aliphatic rings. The fourth-order valence-corrected chi connectivity index (χ4v) is 5.59. The lowest BCUT2D eigenvalue weighted by Gasteiger charge is -2.41. The van der Waals surface area contributed by atoms with Gasteiger partial charge < -0.3 is 24.6 Å². The molecule has 0 radical (unpaired) electrons. The molecule has 2 aromatic heterocycles. The SMILES string of the molecule is [C-]#[N+]c1coc(-c2cccc(Sc3cnc(N4CCC5(CC4)CO[C@@H](C)[C@H]5N)cn3)c2Cl)n1. The molecule has 170 valence electrons. The molecule has 0 bridgehead atoms. The molecule has 0 saturated carbocycles. The third-order valence-electron chi connectivity index (χ3n) is 6.56. The molecular formula is C23H23ClN6O2S. The number of piperidine rings is 1. The van der Waals surface area contributed by atoms with Crippen LogP contribution in [-0.4, -0.2) is 46.8 Å². The standard InChI is InChI=1S/C23H23ClN6O2S/c1-14-21(25)23(13-32-14)6-8-30(9-7-23)18-10-28-19(11-27-18)33-16-5-3-4-15(20(16)24)22-29-17(26-2)12-31-22/h3-5,10-12,14,21H,6-9,13,25H2,1H3/t14-,21+/m0/s1. The summed E-state index contributed by atoms with van der Waals surface area (Å²) in [5, 5.41) is 1.23. The van der Waals surface area contributed by atoms with Crippen LogP contribution in [0.25, 0.3) is 16.3 Å². The zero-order chi connectivity index (χ0) is 23.0. The maximum absolute atomic E-state index is 7.05. The number of halogens is 1. The second-order valence-corrected chi connectivity index (χ2v) is 9.89. The van der Waals surface area contributed by atoms with E-state index in [-0.39, 0.29) is 23.4 Å². The molecule has 10 heteroatoms. The van der Waals surface area contributed by atoms with Crippen LogP contribution in [0.1, 0.15) is 19.8 Å². The van der Waals surface area contributed by atoms with Gasteiger partial charge in [0.25, 0.3) is 0 Å². The average Bonchev–Trinajstić information content (AvgIpc) is 3.43. The van der Waals surface area contributed by atoms with Gasteiger partial charge in [-0.25, -0.2) is 9.97 Å². The minimum absolute atomic E-state index is 0.0826. The largest absolute Gasteiger partial charge is 0.439 e. The van der Waals surface area contributed by atoms with Crippen LogP contribution < -0.4 is 10.6 Å². The molecule has 2 saturated heterocycles. The number of anilines is 1. The summed E-state index contributed by atoms with van der Waals surface area (Å²) in [7, 11) is 0. The molecule has 2 N–H and O–H groups in total. The van der Waals surface area contributed by atoms with E-state index in [1.54, 1.807) is 6.20 Å². The minimum Gasteiger partial charge on any atom is -0.439 e. The van der Waals surface area contributed by atoms with Gasteiger partial charge in [0.2, 0.25) is 0 Å². The van der Waals surface area contributed by atoms with E-state index in [2.05, 4.69) is 31.6 Å². The minimum atomic E-state index is 0.0826. The maximum atomic E-state index is 7.05. The van der Waals surface area contributed by atoms with Crippen molar-refractivity contribution in [3.05, 3.63) is 53.3 Å². The fourth-order valence-electron chi connectivity index (χ4n) is 4.49. The summed E-state index contributed by atoms with van der Waals surface area (Å²) in [6.07, 6.45) is 7.00. The summed E-state index contributed by atoms with van der Waals surface area (Å²) in [6.45, 7) is 11.6. The molecule has 4 heterocycles. The summed E-state index contributed by atoms with van der Waals surface area (Å²) < 4.78 is 11.2. The molecule has 8 nitrogen and oxygen atoms in total. The van der Waals surface area contributed by atoms with Crippen LogP contribution in [0.15, 0.2) is 51.2 Å². The first kappa shape index (κ1) is 22.2. The molecule has 0 unspecified atom stereocenters. The number of nitrogens with zero attached hydrogens (tertiary/aromatic N) is 5. The molecule has 0 amide bonds. The van der Waals surface area contributed by atoms with Gasteiger partial charge >= 0.3 is 11.7 Å². The Bertz CT molecular complexity index is 1190. The number of hydrogen-bond acceptors (Lipinski definition) is 8. The van der Waals surface area contributed by atoms with Crippen LogP contribution in [0.3, 0.4) is 0 Å². The molecule has 1 spiro atoms. The van der Waals surface area contributed by atoms with Crippen molar-refractivity contribution < 1.29 is 9.15 Å². The van der Waals surface area contributed by atoms with Crippen molar-refractivity contribution in [2.75, 3.05) is 24.6 Å². The summed E-state index contributed by atoms with van der Waals surface area (Å²) >= 11 is 8.02. The van der Waals surface area contributed by atoms with E-state index in [0.29, 0.717) is 16.5 Å². The number of benzene rings is 1. The third kappa shape index (κ3) is 4.20. The number of oxazole rings is 1. The highest BCUT2D eigenvalue weighted by atomic mass is 35.5. The van der Waals surface area contributed by atoms with Crippen molar-refractivity contribution in [2.24, 2.45) is 11.1 Å². The Morgan fingerprint density at radius 1 is 1.27 bits per heavy atom. The van der Waals surface area contributed by atoms with Crippen molar-refractivity contribution in [3.8, 4) is 11.5 Å². The Morgan fingerprint density at radius 2 is 2.09 bits per heavy atom. The Labute approximate surface area is 201 Å². The van der Waals surface area contributed by atoms with Gasteiger partial charge in [-0.3, -0.25) is 0 Å². The highest BCUT2D eigenvalue weighted by molar-refractivity contribution is 7.99. The second-order valence-electron chi connectivity index (χ2n) is 8.45. The molecule has 0 aliphatic carbocycles. The van der Waals surface area contributed by atoms with Gasteiger partial charge in [-0.2, -0.15) is 0 Å². The van der Waals surface area contributed by atoms with Crippen molar-refractivity contribution in [3.63, 3.8) is 0 Å². The zero-order valence-corrected chi connectivity index (χ0v) is 19.6. The Hall–Kier alpha value is -2.64. The van der Waals surface area contributed by atoms with Crippen LogP contribution in [0.2, 0.25) is 5.02 Å². The van der Waals surface area contributed by atoms with E-state index < -0.39 is 0 Å². The number of aromatic nitrogens is 3. The van der Waals surface area contributed by atoms with Crippen molar-refractivity contribution in [1.82, 2.24) is 15.0 Å². The predicted molar refractivity (Wildman–Crippen MR) is 127 cm³/mol. The van der Waals surface area contributed by atoms with E-state index in [1.165, 1.54) is 18.0 Å². The third-order valence-corrected chi connectivity index (χ3v) is 8.06. The molecule has 2 atom stereocenters. The number of ether oxygens (including phenoxy) is 1. The number of rotatable bonds is 4. The van der Waals surface area contributed by atoms with Gasteiger partial charge in [-0.05, 0) is 31.9 Å². The molecule has 2 fully saturated rings. The average molecular weight is 483 g/mol. The lowest BCUT2D eigenvalue weighted by molar-refractivity contribution is 0.0974. The zero-order valence-electron chi connectivity index (χ0n) is 18.1. The lowest BCUT2D eigenvalue weighted by atomic mass is 9.73. The van der Waals surface area contributed by atoms with Crippen molar-refractivity contribution in [2.45, 2.75) is 41.8 Å². The summed E-state index contributed by atoms with van der Waals surface area (Å²) in [5.74, 6) is 1.38. The predicted octanol–water partition coefficient (Wildman–Crippen LogP) is 4.82. The van der Waals surface area contributed by atoms with Gasteiger partial charge in [-0.15, -0.1) is 0 Å². The quantitative estimate of drug-likeness (QED) is 0.529. The van der Waals surface area contributed by atoms with Crippen LogP contribution in [0, 0.1) is 12.0 Å². The summed E-state index contributed by atoms with van der Waals surface area (Å²) in [5.41, 5.74) is 7.14. The lowest BCUT2D eigenvalue weighted by Crippen LogP contribution is -2.50. The van der Waals surface area contributed by atoms with E-state index in [9.17, 15) is 0 Å². The smallest absolute Gasteiger partial charge is 0.322 e. The Balaban J connectivity index is 1.27. The van der Waals surface area contributed by atoms with E-state index in [4.69, 9.17) is 33.1 Å². The highest BCUT2D eigenvalue weighted by Gasteiger charge is 2.47. The van der Waals surface area contributed by atoms with E-state index >= 15 is 0 Å². The summed E-state index contributed by atoms with van der Waals surface area (Å²) in [4.78, 5) is 19.7. The van der Waals surface area contributed by atoms with Crippen LogP contribution in [0.4, 0.5) is 11.6 Å². The summed E-state index contributed by atoms with van der Waals surface area (Å²) in [6, 6.07) is 5.68. The fraction of sp³-hybridized carbons (Fsp3) is 0.391. The molecule has 3 aromatic rings. The van der Waals surface area contributed by atoms with Gasteiger partial charge in [0, 0.05) is 29.4 Å². The number of nitrogens with two attached hydrogens (primary N) is 1. The second kappa shape index (κ2) is 8.95. The van der Waals surface area contributed by atoms with Gasteiger partial charge in [0.15, 0.2) is 0 Å². The van der Waals surface area contributed by atoms with E-state index in [1.807, 2.05) is 24.4 Å². The molecule has 2 aliphatic heterocycles. The first-order chi connectivity index (χ1) is 16.0. The Morgan fingerprint density at radius 3 is 2.73 bits per heavy atom. The normalized spacial score (nSPS) is 21.9. The molecular weight excluding hydrogens is 460 g/mol. The van der Waals surface area contributed by atoms with Gasteiger partial charge in [0.05, 0.1) is 35.7 Å². The van der Waals surface area contributed by atoms with Crippen molar-refractivity contribution in [1.29, 1.82) is 0 Å². The first-order valence-corrected chi connectivity index (χ1v) is 11.9.